The summed E-state index contributed by atoms with van der Waals surface area (Å²) in [5.74, 6) is -1.03. The van der Waals surface area contributed by atoms with E-state index in [1.54, 1.807) is 0 Å². The van der Waals surface area contributed by atoms with E-state index in [4.69, 9.17) is 14.2 Å². The summed E-state index contributed by atoms with van der Waals surface area (Å²) in [6, 6.07) is 0. The van der Waals surface area contributed by atoms with Crippen LogP contribution < -0.4 is 0 Å². The number of allylic oxidation sites excluding steroid dienone is 20. The van der Waals surface area contributed by atoms with E-state index in [0.29, 0.717) is 19.3 Å². The lowest BCUT2D eigenvalue weighted by Gasteiger charge is -2.18. The van der Waals surface area contributed by atoms with Gasteiger partial charge in [-0.15, -0.1) is 0 Å². The monoisotopic (exact) mass is 941 g/mol. The molecule has 6 nitrogen and oxygen atoms in total. The van der Waals surface area contributed by atoms with E-state index in [1.165, 1.54) is 70.6 Å². The average Bonchev–Trinajstić information content (AvgIpc) is 3.34. The van der Waals surface area contributed by atoms with Crippen molar-refractivity contribution in [3.05, 3.63) is 122 Å². The summed E-state index contributed by atoms with van der Waals surface area (Å²) in [5, 5.41) is 0. The summed E-state index contributed by atoms with van der Waals surface area (Å²) in [7, 11) is 0. The number of hydrogen-bond donors (Lipinski definition) is 0. The molecular formula is C62H100O6. The molecule has 0 spiro atoms. The fourth-order valence-electron chi connectivity index (χ4n) is 7.04. The highest BCUT2D eigenvalue weighted by molar-refractivity contribution is 5.71. The Balaban J connectivity index is 4.55. The lowest BCUT2D eigenvalue weighted by atomic mass is 10.1. The molecule has 0 aliphatic rings. The third-order valence-corrected chi connectivity index (χ3v) is 11.2. The molecule has 0 radical (unpaired) electrons. The van der Waals surface area contributed by atoms with Crippen molar-refractivity contribution in [1.82, 2.24) is 0 Å². The van der Waals surface area contributed by atoms with Gasteiger partial charge in [0.25, 0.3) is 0 Å². The van der Waals surface area contributed by atoms with Gasteiger partial charge in [-0.25, -0.2) is 0 Å². The van der Waals surface area contributed by atoms with E-state index in [-0.39, 0.29) is 37.5 Å². The zero-order valence-electron chi connectivity index (χ0n) is 43.8. The first-order chi connectivity index (χ1) is 33.5. The summed E-state index contributed by atoms with van der Waals surface area (Å²) in [4.78, 5) is 38.1. The maximum absolute atomic E-state index is 12.8. The van der Waals surface area contributed by atoms with Gasteiger partial charge in [0, 0.05) is 19.3 Å². The molecule has 0 aromatic rings. The number of esters is 3. The molecule has 0 rings (SSSR count). The van der Waals surface area contributed by atoms with Gasteiger partial charge in [-0.1, -0.05) is 219 Å². The minimum Gasteiger partial charge on any atom is -0.462 e. The average molecular weight is 941 g/mol. The molecule has 0 aromatic carbocycles. The van der Waals surface area contributed by atoms with E-state index in [0.717, 1.165) is 116 Å². The molecule has 0 saturated carbocycles. The molecule has 0 saturated heterocycles. The summed E-state index contributed by atoms with van der Waals surface area (Å²) in [6.07, 6.45) is 76.2. The van der Waals surface area contributed by atoms with Gasteiger partial charge in [-0.2, -0.15) is 0 Å². The molecule has 68 heavy (non-hydrogen) atoms. The summed E-state index contributed by atoms with van der Waals surface area (Å²) < 4.78 is 16.8. The molecule has 0 unspecified atom stereocenters. The van der Waals surface area contributed by atoms with E-state index in [9.17, 15) is 14.4 Å². The second kappa shape index (κ2) is 55.4. The molecule has 0 aliphatic carbocycles. The highest BCUT2D eigenvalue weighted by Gasteiger charge is 2.19. The topological polar surface area (TPSA) is 78.9 Å². The lowest BCUT2D eigenvalue weighted by molar-refractivity contribution is -0.166. The molecule has 6 heteroatoms. The van der Waals surface area contributed by atoms with Crippen LogP contribution in [0.15, 0.2) is 122 Å². The van der Waals surface area contributed by atoms with Crippen molar-refractivity contribution < 1.29 is 28.6 Å². The van der Waals surface area contributed by atoms with Gasteiger partial charge in [-0.3, -0.25) is 14.4 Å². The second-order valence-electron chi connectivity index (χ2n) is 17.7. The fraction of sp³-hybridized carbons (Fsp3) is 0.629. The summed E-state index contributed by atoms with van der Waals surface area (Å²) in [5.41, 5.74) is 0. The number of ether oxygens (including phenoxy) is 3. The van der Waals surface area contributed by atoms with Gasteiger partial charge in [-0.05, 0) is 116 Å². The smallest absolute Gasteiger partial charge is 0.306 e. The first kappa shape index (κ1) is 63.8. The Kier molecular flexibility index (Phi) is 52.0. The van der Waals surface area contributed by atoms with Gasteiger partial charge in [0.1, 0.15) is 13.2 Å². The first-order valence-electron chi connectivity index (χ1n) is 27.5. The van der Waals surface area contributed by atoms with Crippen molar-refractivity contribution in [2.24, 2.45) is 0 Å². The van der Waals surface area contributed by atoms with Crippen molar-refractivity contribution in [1.29, 1.82) is 0 Å². The fourth-order valence-corrected chi connectivity index (χ4v) is 7.04. The summed E-state index contributed by atoms with van der Waals surface area (Å²) in [6.45, 7) is 6.37. The maximum atomic E-state index is 12.8. The quantitative estimate of drug-likeness (QED) is 0.0262. The van der Waals surface area contributed by atoms with Gasteiger partial charge in [0.2, 0.25) is 0 Å². The van der Waals surface area contributed by atoms with Crippen LogP contribution in [0.5, 0.6) is 0 Å². The number of unbranched alkanes of at least 4 members (excludes halogenated alkanes) is 17. The van der Waals surface area contributed by atoms with Gasteiger partial charge in [0.05, 0.1) is 0 Å². The normalized spacial score (nSPS) is 13.0. The molecular weight excluding hydrogens is 841 g/mol. The number of rotatable bonds is 48. The summed E-state index contributed by atoms with van der Waals surface area (Å²) >= 11 is 0. The van der Waals surface area contributed by atoms with Crippen LogP contribution in [0.1, 0.15) is 233 Å². The largest absolute Gasteiger partial charge is 0.462 e. The van der Waals surface area contributed by atoms with Crippen LogP contribution in [0.4, 0.5) is 0 Å². The number of hydrogen-bond acceptors (Lipinski definition) is 6. The molecule has 0 amide bonds. The van der Waals surface area contributed by atoms with E-state index in [1.807, 2.05) is 12.2 Å². The zero-order chi connectivity index (χ0) is 49.3. The Labute approximate surface area is 418 Å². The SMILES string of the molecule is CC/C=C\C/C=C\C/C=C\C/C=C\C/C=C\C/C=C\CCC(=O)OC[C@@H](COC(=O)CCCCCCC/C=C\C/C=C\CCCC)OC(=O)CCCCCCCCC/C=C\C/C=C\CCCCC. The third kappa shape index (κ3) is 52.8. The molecule has 384 valence electrons. The molecule has 0 aliphatic heterocycles. The highest BCUT2D eigenvalue weighted by atomic mass is 16.6. The number of carbonyl (C=O) groups excluding carboxylic acids is 3. The van der Waals surface area contributed by atoms with E-state index in [2.05, 4.69) is 130 Å². The Morgan fingerprint density at radius 2 is 0.618 bits per heavy atom. The van der Waals surface area contributed by atoms with Gasteiger partial charge >= 0.3 is 17.9 Å². The highest BCUT2D eigenvalue weighted by Crippen LogP contribution is 2.13. The van der Waals surface area contributed by atoms with Gasteiger partial charge < -0.3 is 14.2 Å². The Bertz CT molecular complexity index is 1450. The van der Waals surface area contributed by atoms with Crippen molar-refractivity contribution in [2.45, 2.75) is 239 Å². The molecule has 0 fully saturated rings. The van der Waals surface area contributed by atoms with Gasteiger partial charge in [0.15, 0.2) is 6.10 Å². The minimum absolute atomic E-state index is 0.115. The Morgan fingerprint density at radius 1 is 0.309 bits per heavy atom. The van der Waals surface area contributed by atoms with Crippen molar-refractivity contribution in [3.63, 3.8) is 0 Å². The third-order valence-electron chi connectivity index (χ3n) is 11.2. The van der Waals surface area contributed by atoms with Crippen LogP contribution in [0.25, 0.3) is 0 Å². The van der Waals surface area contributed by atoms with E-state index < -0.39 is 6.10 Å². The van der Waals surface area contributed by atoms with Crippen LogP contribution in [-0.2, 0) is 28.6 Å². The maximum Gasteiger partial charge on any atom is 0.306 e. The van der Waals surface area contributed by atoms with Crippen LogP contribution >= 0.6 is 0 Å². The molecule has 0 N–H and O–H groups in total. The molecule has 0 heterocycles. The van der Waals surface area contributed by atoms with Crippen LogP contribution in [0, 0.1) is 0 Å². The van der Waals surface area contributed by atoms with Crippen molar-refractivity contribution in [3.8, 4) is 0 Å². The van der Waals surface area contributed by atoms with Crippen molar-refractivity contribution >= 4 is 17.9 Å². The lowest BCUT2D eigenvalue weighted by Crippen LogP contribution is -2.30. The van der Waals surface area contributed by atoms with Crippen molar-refractivity contribution in [2.75, 3.05) is 13.2 Å². The Hall–Kier alpha value is -4.19. The minimum atomic E-state index is -0.822. The Morgan fingerprint density at radius 3 is 1.03 bits per heavy atom. The number of carbonyl (C=O) groups is 3. The standard InChI is InChI=1S/C62H100O6/c1-4-7-10-13-16-19-22-25-28-30-31-33-34-37-40-43-46-49-52-55-61(64)67-58-59(57-66-60(63)54-51-48-45-42-39-36-27-24-21-18-15-12-9-6-3)68-62(65)56-53-50-47-44-41-38-35-32-29-26-23-20-17-14-11-8-5-2/h7,10,15-20,24-29,31,33,37,40,46,49,59H,4-6,8-9,11-14,21-23,30,32,34-36,38-39,41-45,47-48,50-58H2,1-3H3/b10-7-,18-15-,19-16-,20-17-,27-24-,28-25-,29-26-,33-31-,40-37-,49-46-/t59-/m1/s1. The zero-order valence-corrected chi connectivity index (χ0v) is 43.8. The molecule has 1 atom stereocenters. The predicted octanol–water partition coefficient (Wildman–Crippen LogP) is 18.5. The molecule has 0 bridgehead atoms. The van der Waals surface area contributed by atoms with Crippen LogP contribution in [0.2, 0.25) is 0 Å². The predicted molar refractivity (Wildman–Crippen MR) is 293 cm³/mol. The first-order valence-corrected chi connectivity index (χ1v) is 27.5. The van der Waals surface area contributed by atoms with Crippen LogP contribution in [-0.4, -0.2) is 37.2 Å². The van der Waals surface area contributed by atoms with E-state index >= 15 is 0 Å². The second-order valence-corrected chi connectivity index (χ2v) is 17.7. The van der Waals surface area contributed by atoms with Crippen LogP contribution in [0.3, 0.4) is 0 Å². The molecule has 0 aromatic heterocycles.